The number of hydrogen-bond acceptors (Lipinski definition) is 4. The molecule has 2 aromatic rings. The summed E-state index contributed by atoms with van der Waals surface area (Å²) in [5.41, 5.74) is 0.734. The van der Waals surface area contributed by atoms with Crippen molar-refractivity contribution in [3.8, 4) is 11.3 Å². The fourth-order valence-corrected chi connectivity index (χ4v) is 2.54. The first kappa shape index (κ1) is 13.8. The van der Waals surface area contributed by atoms with Crippen LogP contribution < -0.4 is 0 Å². The number of benzene rings is 1. The summed E-state index contributed by atoms with van der Waals surface area (Å²) in [6.07, 6.45) is 5.55. The number of rotatable bonds is 4. The predicted molar refractivity (Wildman–Crippen MR) is 73.7 cm³/mol. The van der Waals surface area contributed by atoms with Crippen LogP contribution in [0.2, 0.25) is 0 Å². The molecule has 0 amide bonds. The van der Waals surface area contributed by atoms with E-state index in [1.165, 1.54) is 12.1 Å². The third kappa shape index (κ3) is 3.29. The van der Waals surface area contributed by atoms with E-state index < -0.39 is 0 Å². The van der Waals surface area contributed by atoms with E-state index >= 15 is 0 Å². The third-order valence-corrected chi connectivity index (χ3v) is 3.71. The molecule has 1 aromatic heterocycles. The van der Waals surface area contributed by atoms with E-state index in [9.17, 15) is 9.18 Å². The molecule has 4 nitrogen and oxygen atoms in total. The van der Waals surface area contributed by atoms with Gasteiger partial charge in [0.05, 0.1) is 12.1 Å². The Balaban J connectivity index is 1.60. The Kier molecular flexibility index (Phi) is 3.99. The van der Waals surface area contributed by atoms with Crippen LogP contribution in [0, 0.1) is 11.7 Å². The van der Waals surface area contributed by atoms with Crippen molar-refractivity contribution >= 4 is 5.97 Å². The van der Waals surface area contributed by atoms with Crippen molar-refractivity contribution in [3.05, 3.63) is 42.2 Å². The summed E-state index contributed by atoms with van der Waals surface area (Å²) in [4.78, 5) is 15.9. The van der Waals surface area contributed by atoms with Gasteiger partial charge in [0.15, 0.2) is 12.4 Å². The molecule has 0 N–H and O–H groups in total. The molecule has 0 unspecified atom stereocenters. The number of oxazole rings is 1. The second-order valence-corrected chi connectivity index (χ2v) is 5.21. The Morgan fingerprint density at radius 1 is 1.29 bits per heavy atom. The monoisotopic (exact) mass is 289 g/mol. The summed E-state index contributed by atoms with van der Waals surface area (Å²) in [6.45, 7) is 0.0382. The van der Waals surface area contributed by atoms with Gasteiger partial charge < -0.3 is 9.15 Å². The molecule has 0 bridgehead atoms. The summed E-state index contributed by atoms with van der Waals surface area (Å²) >= 11 is 0. The Morgan fingerprint density at radius 3 is 2.71 bits per heavy atom. The molecule has 0 aliphatic heterocycles. The average molecular weight is 289 g/mol. The van der Waals surface area contributed by atoms with Gasteiger partial charge in [0, 0.05) is 5.56 Å². The maximum Gasteiger partial charge on any atom is 0.309 e. The lowest BCUT2D eigenvalue weighted by atomic mass is 10.1. The van der Waals surface area contributed by atoms with E-state index in [-0.39, 0.29) is 24.3 Å². The van der Waals surface area contributed by atoms with E-state index in [0.29, 0.717) is 11.7 Å². The summed E-state index contributed by atoms with van der Waals surface area (Å²) in [5, 5.41) is 0. The van der Waals surface area contributed by atoms with Crippen molar-refractivity contribution in [2.45, 2.75) is 32.3 Å². The highest BCUT2D eigenvalue weighted by Gasteiger charge is 2.24. The number of carbonyl (C=O) groups is 1. The number of esters is 1. The highest BCUT2D eigenvalue weighted by atomic mass is 19.1. The molecular formula is C16H16FNO3. The van der Waals surface area contributed by atoms with Crippen LogP contribution in [0.25, 0.3) is 11.3 Å². The van der Waals surface area contributed by atoms with Gasteiger partial charge in [-0.15, -0.1) is 0 Å². The zero-order chi connectivity index (χ0) is 14.7. The minimum absolute atomic E-state index is 0.0246. The van der Waals surface area contributed by atoms with Gasteiger partial charge in [-0.2, -0.15) is 0 Å². The molecule has 1 saturated carbocycles. The van der Waals surface area contributed by atoms with Crippen LogP contribution in [0.3, 0.4) is 0 Å². The maximum atomic E-state index is 12.9. The van der Waals surface area contributed by atoms with Crippen LogP contribution in [0.5, 0.6) is 0 Å². The smallest absolute Gasteiger partial charge is 0.309 e. The molecule has 110 valence electrons. The minimum Gasteiger partial charge on any atom is -0.455 e. The lowest BCUT2D eigenvalue weighted by Crippen LogP contribution is -2.14. The first-order chi connectivity index (χ1) is 10.2. The fraction of sp³-hybridized carbons (Fsp3) is 0.375. The van der Waals surface area contributed by atoms with Gasteiger partial charge in [-0.3, -0.25) is 4.79 Å². The Bertz CT molecular complexity index is 615. The molecule has 1 aliphatic carbocycles. The molecule has 1 aliphatic rings. The van der Waals surface area contributed by atoms with Crippen LogP contribution in [-0.2, 0) is 16.1 Å². The quantitative estimate of drug-likeness (QED) is 0.805. The number of hydrogen-bond donors (Lipinski definition) is 0. The third-order valence-electron chi connectivity index (χ3n) is 3.71. The van der Waals surface area contributed by atoms with E-state index in [1.54, 1.807) is 18.3 Å². The molecule has 0 radical (unpaired) electrons. The molecule has 1 fully saturated rings. The van der Waals surface area contributed by atoms with Crippen molar-refractivity contribution in [2.24, 2.45) is 5.92 Å². The highest BCUT2D eigenvalue weighted by Crippen LogP contribution is 2.26. The number of nitrogens with zero attached hydrogens (tertiary/aromatic N) is 1. The van der Waals surface area contributed by atoms with Crippen LogP contribution in [0.15, 0.2) is 34.9 Å². The molecule has 0 atom stereocenters. The molecule has 1 heterocycles. The Morgan fingerprint density at radius 2 is 2.00 bits per heavy atom. The van der Waals surface area contributed by atoms with Crippen molar-refractivity contribution < 1.29 is 18.3 Å². The minimum atomic E-state index is -0.302. The fourth-order valence-electron chi connectivity index (χ4n) is 2.54. The number of carbonyl (C=O) groups excluding carboxylic acids is 1. The van der Waals surface area contributed by atoms with Crippen LogP contribution in [-0.4, -0.2) is 11.0 Å². The average Bonchev–Trinajstić information content (AvgIpc) is 3.17. The van der Waals surface area contributed by atoms with Gasteiger partial charge in [0.25, 0.3) is 0 Å². The number of aromatic nitrogens is 1. The number of halogens is 1. The van der Waals surface area contributed by atoms with Gasteiger partial charge in [0.1, 0.15) is 5.82 Å². The highest BCUT2D eigenvalue weighted by molar-refractivity contribution is 5.72. The molecule has 0 saturated heterocycles. The number of ether oxygens (including phenoxy) is 1. The first-order valence-corrected chi connectivity index (χ1v) is 7.09. The van der Waals surface area contributed by atoms with Crippen molar-refractivity contribution in [2.75, 3.05) is 0 Å². The van der Waals surface area contributed by atoms with Gasteiger partial charge in [-0.05, 0) is 37.1 Å². The second-order valence-electron chi connectivity index (χ2n) is 5.21. The molecular weight excluding hydrogens is 273 g/mol. The Hall–Kier alpha value is -2.17. The summed E-state index contributed by atoms with van der Waals surface area (Å²) in [5.74, 6) is 0.428. The largest absolute Gasteiger partial charge is 0.455 e. The van der Waals surface area contributed by atoms with Gasteiger partial charge in [-0.25, -0.2) is 9.37 Å². The van der Waals surface area contributed by atoms with Crippen molar-refractivity contribution in [1.82, 2.24) is 4.98 Å². The summed E-state index contributed by atoms with van der Waals surface area (Å²) in [7, 11) is 0. The van der Waals surface area contributed by atoms with Crippen LogP contribution in [0.4, 0.5) is 4.39 Å². The van der Waals surface area contributed by atoms with E-state index in [0.717, 1.165) is 31.2 Å². The molecule has 3 rings (SSSR count). The van der Waals surface area contributed by atoms with Gasteiger partial charge in [-0.1, -0.05) is 12.8 Å². The standard InChI is InChI=1S/C16H16FNO3/c17-13-7-5-11(6-8-13)14-9-18-15(21-14)10-20-16(19)12-3-1-2-4-12/h5-9,12H,1-4,10H2. The maximum absolute atomic E-state index is 12.9. The normalized spacial score (nSPS) is 15.3. The summed E-state index contributed by atoms with van der Waals surface area (Å²) in [6, 6.07) is 5.95. The molecule has 21 heavy (non-hydrogen) atoms. The molecule has 5 heteroatoms. The SMILES string of the molecule is O=C(OCc1ncc(-c2ccc(F)cc2)o1)C1CCCC1. The Labute approximate surface area is 121 Å². The molecule has 0 spiro atoms. The van der Waals surface area contributed by atoms with Crippen molar-refractivity contribution in [3.63, 3.8) is 0 Å². The molecule has 1 aromatic carbocycles. The van der Waals surface area contributed by atoms with E-state index in [2.05, 4.69) is 4.98 Å². The summed E-state index contributed by atoms with van der Waals surface area (Å²) < 4.78 is 23.6. The van der Waals surface area contributed by atoms with Crippen LogP contribution >= 0.6 is 0 Å². The first-order valence-electron chi connectivity index (χ1n) is 7.09. The lowest BCUT2D eigenvalue weighted by molar-refractivity contribution is -0.150. The van der Waals surface area contributed by atoms with Crippen LogP contribution in [0.1, 0.15) is 31.6 Å². The second kappa shape index (κ2) is 6.08. The van der Waals surface area contributed by atoms with Gasteiger partial charge in [0.2, 0.25) is 5.89 Å². The lowest BCUT2D eigenvalue weighted by Gasteiger charge is -2.07. The van der Waals surface area contributed by atoms with Crippen molar-refractivity contribution in [1.29, 1.82) is 0 Å². The zero-order valence-electron chi connectivity index (χ0n) is 11.5. The predicted octanol–water partition coefficient (Wildman–Crippen LogP) is 3.71. The topological polar surface area (TPSA) is 52.3 Å². The van der Waals surface area contributed by atoms with Gasteiger partial charge >= 0.3 is 5.97 Å². The zero-order valence-corrected chi connectivity index (χ0v) is 11.5. The van der Waals surface area contributed by atoms with E-state index in [1.807, 2.05) is 0 Å². The van der Waals surface area contributed by atoms with E-state index in [4.69, 9.17) is 9.15 Å².